The maximum Gasteiger partial charge on any atom is 0.350 e. The van der Waals surface area contributed by atoms with Crippen molar-refractivity contribution in [1.29, 1.82) is 0 Å². The molecule has 2 N–H and O–H groups in total. The van der Waals surface area contributed by atoms with Crippen molar-refractivity contribution in [2.45, 2.75) is 11.4 Å². The summed E-state index contributed by atoms with van der Waals surface area (Å²) in [6.07, 6.45) is 3.35. The van der Waals surface area contributed by atoms with Crippen LogP contribution in [0.3, 0.4) is 0 Å². The molecule has 0 radical (unpaired) electrons. The Morgan fingerprint density at radius 2 is 1.82 bits per heavy atom. The molecule has 168 valence electrons. The second-order valence-corrected chi connectivity index (χ2v) is 7.93. The van der Waals surface area contributed by atoms with Crippen molar-refractivity contribution in [2.75, 3.05) is 24.0 Å². The van der Waals surface area contributed by atoms with Gasteiger partial charge in [0.05, 0.1) is 12.7 Å². The number of benzene rings is 2. The van der Waals surface area contributed by atoms with Gasteiger partial charge in [-0.2, -0.15) is 0 Å². The highest BCUT2D eigenvalue weighted by atomic mass is 32.2. The molecule has 0 unspecified atom stereocenters. The average molecular weight is 464 g/mol. The Labute approximate surface area is 193 Å². The van der Waals surface area contributed by atoms with Crippen LogP contribution in [0.15, 0.2) is 76.6 Å². The lowest BCUT2D eigenvalue weighted by Crippen LogP contribution is -2.28. The molecule has 4 aromatic rings. The van der Waals surface area contributed by atoms with E-state index in [0.717, 1.165) is 9.58 Å². The number of hydrogen-bond donors (Lipinski definition) is 2. The van der Waals surface area contributed by atoms with E-state index >= 15 is 0 Å². The number of thioether (sulfide) groups is 1. The van der Waals surface area contributed by atoms with E-state index in [1.54, 1.807) is 61.3 Å². The second-order valence-electron chi connectivity index (χ2n) is 7.05. The van der Waals surface area contributed by atoms with E-state index in [4.69, 9.17) is 4.74 Å². The Hall–Kier alpha value is -4.05. The molecule has 2 aromatic carbocycles. The van der Waals surface area contributed by atoms with E-state index < -0.39 is 5.69 Å². The SMILES string of the molecule is COc1ccc(NC(=O)c2ccc3nn(CC(=O)Nc4cccc(SC)c4)c(=O)n3c2)cc1. The van der Waals surface area contributed by atoms with Crippen molar-refractivity contribution < 1.29 is 14.3 Å². The molecule has 2 amide bonds. The summed E-state index contributed by atoms with van der Waals surface area (Å²) in [5.74, 6) is -0.0845. The number of fused-ring (bicyclic) bond motifs is 1. The largest absolute Gasteiger partial charge is 0.497 e. The molecule has 0 atom stereocenters. The van der Waals surface area contributed by atoms with Crippen LogP contribution in [0.4, 0.5) is 11.4 Å². The second kappa shape index (κ2) is 9.61. The number of amides is 2. The quantitative estimate of drug-likeness (QED) is 0.408. The van der Waals surface area contributed by atoms with Crippen LogP contribution in [-0.2, 0) is 11.3 Å². The zero-order valence-electron chi connectivity index (χ0n) is 17.9. The molecule has 0 fully saturated rings. The lowest BCUT2D eigenvalue weighted by molar-refractivity contribution is -0.117. The third kappa shape index (κ3) is 5.07. The number of nitrogens with one attached hydrogen (secondary N) is 2. The van der Waals surface area contributed by atoms with Crippen LogP contribution < -0.4 is 21.1 Å². The Kier molecular flexibility index (Phi) is 6.45. The zero-order valence-corrected chi connectivity index (χ0v) is 18.8. The molecule has 9 nitrogen and oxygen atoms in total. The number of aromatic nitrogens is 3. The smallest absolute Gasteiger partial charge is 0.350 e. The number of rotatable bonds is 7. The van der Waals surface area contributed by atoms with Crippen LogP contribution in [0.2, 0.25) is 0 Å². The lowest BCUT2D eigenvalue weighted by atomic mass is 10.2. The summed E-state index contributed by atoms with van der Waals surface area (Å²) < 4.78 is 7.41. The van der Waals surface area contributed by atoms with Crippen LogP contribution in [-0.4, -0.2) is 39.4 Å². The monoisotopic (exact) mass is 463 g/mol. The van der Waals surface area contributed by atoms with E-state index in [1.807, 2.05) is 24.5 Å². The standard InChI is InChI=1S/C23H21N5O4S/c1-32-18-9-7-16(8-10-18)25-22(30)15-6-11-20-26-28(23(31)27(20)13-15)14-21(29)24-17-4-3-5-19(12-17)33-2/h3-13H,14H2,1-2H3,(H,24,29)(H,25,30). The minimum absolute atomic E-state index is 0.253. The highest BCUT2D eigenvalue weighted by Gasteiger charge is 2.14. The van der Waals surface area contributed by atoms with Crippen molar-refractivity contribution in [1.82, 2.24) is 14.2 Å². The van der Waals surface area contributed by atoms with E-state index in [-0.39, 0.29) is 23.9 Å². The van der Waals surface area contributed by atoms with Crippen LogP contribution in [0.25, 0.3) is 5.65 Å². The average Bonchev–Trinajstić information content (AvgIpc) is 3.14. The maximum absolute atomic E-state index is 12.8. The Morgan fingerprint density at radius 1 is 1.03 bits per heavy atom. The predicted molar refractivity (Wildman–Crippen MR) is 127 cm³/mol. The summed E-state index contributed by atoms with van der Waals surface area (Å²) in [6.45, 7) is -0.253. The van der Waals surface area contributed by atoms with E-state index in [0.29, 0.717) is 22.8 Å². The Morgan fingerprint density at radius 3 is 2.55 bits per heavy atom. The van der Waals surface area contributed by atoms with Gasteiger partial charge in [-0.3, -0.25) is 9.59 Å². The number of carbonyl (C=O) groups excluding carboxylic acids is 2. The van der Waals surface area contributed by atoms with Gasteiger partial charge in [-0.1, -0.05) is 6.07 Å². The molecule has 33 heavy (non-hydrogen) atoms. The molecule has 0 aliphatic rings. The van der Waals surface area contributed by atoms with Crippen LogP contribution >= 0.6 is 11.8 Å². The summed E-state index contributed by atoms with van der Waals surface area (Å²) in [6, 6.07) is 17.4. The molecule has 0 saturated heterocycles. The summed E-state index contributed by atoms with van der Waals surface area (Å²) in [4.78, 5) is 38.8. The molecule has 10 heteroatoms. The number of nitrogens with zero attached hydrogens (tertiary/aromatic N) is 3. The van der Waals surface area contributed by atoms with Gasteiger partial charge in [-0.05, 0) is 60.9 Å². The molecule has 0 bridgehead atoms. The van der Waals surface area contributed by atoms with Gasteiger partial charge in [0.1, 0.15) is 12.3 Å². The summed E-state index contributed by atoms with van der Waals surface area (Å²) in [7, 11) is 1.56. The highest BCUT2D eigenvalue weighted by Crippen LogP contribution is 2.19. The van der Waals surface area contributed by atoms with E-state index in [2.05, 4.69) is 15.7 Å². The summed E-state index contributed by atoms with van der Waals surface area (Å²) in [5.41, 5.74) is 1.32. The third-order valence-electron chi connectivity index (χ3n) is 4.83. The number of hydrogen-bond acceptors (Lipinski definition) is 6. The van der Waals surface area contributed by atoms with Crippen molar-refractivity contribution in [3.8, 4) is 5.75 Å². The third-order valence-corrected chi connectivity index (χ3v) is 5.56. The molecule has 0 spiro atoms. The zero-order chi connectivity index (χ0) is 23.4. The molecule has 0 saturated carbocycles. The van der Waals surface area contributed by atoms with Crippen LogP contribution in [0.1, 0.15) is 10.4 Å². The summed E-state index contributed by atoms with van der Waals surface area (Å²) >= 11 is 1.56. The first-order valence-electron chi connectivity index (χ1n) is 9.95. The van der Waals surface area contributed by atoms with Gasteiger partial charge in [0.2, 0.25) is 5.91 Å². The van der Waals surface area contributed by atoms with Crippen molar-refractivity contribution in [3.05, 3.63) is 82.9 Å². The van der Waals surface area contributed by atoms with Gasteiger partial charge >= 0.3 is 5.69 Å². The number of ether oxygens (including phenoxy) is 1. The first-order valence-corrected chi connectivity index (χ1v) is 11.2. The molecule has 2 aromatic heterocycles. The van der Waals surface area contributed by atoms with Gasteiger partial charge in [-0.15, -0.1) is 16.9 Å². The number of pyridine rings is 1. The number of anilines is 2. The van der Waals surface area contributed by atoms with E-state index in [9.17, 15) is 14.4 Å². The van der Waals surface area contributed by atoms with Crippen LogP contribution in [0, 0.1) is 0 Å². The fraction of sp³-hybridized carbons (Fsp3) is 0.130. The fourth-order valence-corrected chi connectivity index (χ4v) is 3.63. The molecule has 0 aliphatic heterocycles. The molecule has 4 rings (SSSR count). The molecular formula is C23H21N5O4S. The Bertz CT molecular complexity index is 1380. The first kappa shape index (κ1) is 22.2. The molecule has 2 heterocycles. The van der Waals surface area contributed by atoms with Gasteiger partial charge in [0.25, 0.3) is 5.91 Å². The predicted octanol–water partition coefficient (Wildman–Crippen LogP) is 3.12. The molecule has 0 aliphatic carbocycles. The normalized spacial score (nSPS) is 10.7. The molecular weight excluding hydrogens is 442 g/mol. The van der Waals surface area contributed by atoms with Crippen molar-refractivity contribution in [3.63, 3.8) is 0 Å². The van der Waals surface area contributed by atoms with Crippen molar-refractivity contribution >= 4 is 40.6 Å². The number of methoxy groups -OCH3 is 1. The topological polar surface area (TPSA) is 107 Å². The first-order chi connectivity index (χ1) is 16.0. The summed E-state index contributed by atoms with van der Waals surface area (Å²) in [5, 5.41) is 9.72. The highest BCUT2D eigenvalue weighted by molar-refractivity contribution is 7.98. The van der Waals surface area contributed by atoms with E-state index in [1.165, 1.54) is 10.6 Å². The minimum atomic E-state index is -0.517. The maximum atomic E-state index is 12.8. The lowest BCUT2D eigenvalue weighted by Gasteiger charge is -2.06. The minimum Gasteiger partial charge on any atom is -0.497 e. The van der Waals surface area contributed by atoms with Gasteiger partial charge in [0, 0.05) is 22.5 Å². The fourth-order valence-electron chi connectivity index (χ4n) is 3.17. The van der Waals surface area contributed by atoms with Crippen molar-refractivity contribution in [2.24, 2.45) is 0 Å². The van der Waals surface area contributed by atoms with Gasteiger partial charge < -0.3 is 15.4 Å². The number of carbonyl (C=O) groups is 2. The van der Waals surface area contributed by atoms with Gasteiger partial charge in [0.15, 0.2) is 5.65 Å². The Balaban J connectivity index is 1.49. The van der Waals surface area contributed by atoms with Gasteiger partial charge in [-0.25, -0.2) is 13.9 Å². The van der Waals surface area contributed by atoms with Crippen LogP contribution in [0.5, 0.6) is 5.75 Å².